The number of para-hydroxylation sites is 1. The van der Waals surface area contributed by atoms with Crippen LogP contribution in [0, 0.1) is 0 Å². The Balaban J connectivity index is 1.82. The summed E-state index contributed by atoms with van der Waals surface area (Å²) in [7, 11) is -3.85. The largest absolute Gasteiger partial charge is 0.328 e. The maximum atomic E-state index is 12.3. The topological polar surface area (TPSA) is 127 Å². The van der Waals surface area contributed by atoms with Gasteiger partial charge in [-0.05, 0) is 12.1 Å². The van der Waals surface area contributed by atoms with Crippen LogP contribution in [0.4, 0.5) is 0 Å². The monoisotopic (exact) mass is 347 g/mol. The number of H-pyrrole nitrogens is 1. The van der Waals surface area contributed by atoms with Crippen molar-refractivity contribution in [2.45, 2.75) is 11.6 Å². The van der Waals surface area contributed by atoms with Crippen LogP contribution in [0.3, 0.4) is 0 Å². The Bertz CT molecular complexity index is 1090. The summed E-state index contributed by atoms with van der Waals surface area (Å²) in [6, 6.07) is 6.60. The molecule has 2 aromatic heterocycles. The minimum Gasteiger partial charge on any atom is -0.307 e. The fourth-order valence-corrected chi connectivity index (χ4v) is 3.10. The van der Waals surface area contributed by atoms with E-state index >= 15 is 0 Å². The molecule has 10 heteroatoms. The number of aromatic nitrogens is 4. The summed E-state index contributed by atoms with van der Waals surface area (Å²) in [5, 5.41) is 0.124. The van der Waals surface area contributed by atoms with Crippen molar-refractivity contribution in [2.75, 3.05) is 6.54 Å². The first-order valence-electron chi connectivity index (χ1n) is 6.96. The number of nitrogens with one attached hydrogen (secondary N) is 2. The molecule has 3 aromatic rings. The van der Waals surface area contributed by atoms with Crippen LogP contribution in [0.25, 0.3) is 10.9 Å². The van der Waals surface area contributed by atoms with E-state index in [9.17, 15) is 18.0 Å². The van der Waals surface area contributed by atoms with E-state index in [1.807, 2.05) is 0 Å². The molecule has 0 atom stereocenters. The van der Waals surface area contributed by atoms with Crippen LogP contribution in [0.1, 0.15) is 0 Å². The van der Waals surface area contributed by atoms with E-state index < -0.39 is 21.3 Å². The molecule has 24 heavy (non-hydrogen) atoms. The second-order valence-corrected chi connectivity index (χ2v) is 6.59. The summed E-state index contributed by atoms with van der Waals surface area (Å²) in [4.78, 5) is 34.3. The second-order valence-electron chi connectivity index (χ2n) is 4.87. The molecule has 9 nitrogen and oxygen atoms in total. The van der Waals surface area contributed by atoms with Gasteiger partial charge in [0.05, 0.1) is 17.1 Å². The van der Waals surface area contributed by atoms with Crippen LogP contribution >= 0.6 is 0 Å². The number of benzene rings is 1. The van der Waals surface area contributed by atoms with E-state index in [1.54, 1.807) is 24.3 Å². The third-order valence-electron chi connectivity index (χ3n) is 3.33. The number of aromatic amines is 1. The first-order chi connectivity index (χ1) is 11.5. The third-order valence-corrected chi connectivity index (χ3v) is 4.68. The lowest BCUT2D eigenvalue weighted by atomic mass is 10.2. The summed E-state index contributed by atoms with van der Waals surface area (Å²) in [5.74, 6) is 0. The lowest BCUT2D eigenvalue weighted by molar-refractivity contribution is 0.562. The Morgan fingerprint density at radius 2 is 1.96 bits per heavy atom. The summed E-state index contributed by atoms with van der Waals surface area (Å²) >= 11 is 0. The second kappa shape index (κ2) is 6.34. The van der Waals surface area contributed by atoms with E-state index in [0.29, 0.717) is 10.9 Å². The van der Waals surface area contributed by atoms with Crippen molar-refractivity contribution in [1.29, 1.82) is 0 Å². The highest BCUT2D eigenvalue weighted by Crippen LogP contribution is 2.03. The molecule has 124 valence electrons. The van der Waals surface area contributed by atoms with Gasteiger partial charge in [0.25, 0.3) is 15.6 Å². The van der Waals surface area contributed by atoms with E-state index in [-0.39, 0.29) is 18.1 Å². The van der Waals surface area contributed by atoms with Crippen molar-refractivity contribution in [3.8, 4) is 0 Å². The molecule has 0 unspecified atom stereocenters. The third kappa shape index (κ3) is 3.09. The molecule has 2 N–H and O–H groups in total. The lowest BCUT2D eigenvalue weighted by Gasteiger charge is -2.08. The van der Waals surface area contributed by atoms with Gasteiger partial charge < -0.3 is 4.98 Å². The highest BCUT2D eigenvalue weighted by Gasteiger charge is 2.15. The molecular weight excluding hydrogens is 334 g/mol. The van der Waals surface area contributed by atoms with Gasteiger partial charge in [0.15, 0.2) is 5.03 Å². The predicted molar refractivity (Wildman–Crippen MR) is 86.0 cm³/mol. The molecule has 0 aliphatic rings. The fraction of sp³-hybridized carbons (Fsp3) is 0.143. The summed E-state index contributed by atoms with van der Waals surface area (Å²) in [6.45, 7) is -0.251. The van der Waals surface area contributed by atoms with Crippen LogP contribution < -0.4 is 16.0 Å². The van der Waals surface area contributed by atoms with E-state index in [4.69, 9.17) is 0 Å². The molecule has 1 aromatic carbocycles. The fourth-order valence-electron chi connectivity index (χ4n) is 2.19. The van der Waals surface area contributed by atoms with E-state index in [0.717, 1.165) is 10.8 Å². The van der Waals surface area contributed by atoms with Gasteiger partial charge in [-0.2, -0.15) is 0 Å². The lowest BCUT2D eigenvalue weighted by Crippen LogP contribution is -2.39. The van der Waals surface area contributed by atoms with Crippen molar-refractivity contribution >= 4 is 20.9 Å². The van der Waals surface area contributed by atoms with Gasteiger partial charge in [0.2, 0.25) is 0 Å². The van der Waals surface area contributed by atoms with Crippen LogP contribution in [0.15, 0.2) is 57.5 Å². The molecule has 0 aliphatic heterocycles. The Kier molecular flexibility index (Phi) is 4.23. The minimum absolute atomic E-state index is 0.113. The zero-order valence-corrected chi connectivity index (χ0v) is 13.2. The molecule has 2 heterocycles. The maximum Gasteiger partial charge on any atom is 0.328 e. The number of fused-ring (bicyclic) bond motifs is 1. The van der Waals surface area contributed by atoms with Gasteiger partial charge >= 0.3 is 5.69 Å². The number of hydrogen-bond acceptors (Lipinski definition) is 6. The summed E-state index contributed by atoms with van der Waals surface area (Å²) in [6.07, 6.45) is 3.72. The molecule has 0 aliphatic carbocycles. The van der Waals surface area contributed by atoms with Crippen LogP contribution in [0.5, 0.6) is 0 Å². The Morgan fingerprint density at radius 1 is 1.17 bits per heavy atom. The number of sulfonamides is 1. The van der Waals surface area contributed by atoms with Crippen molar-refractivity contribution in [3.63, 3.8) is 0 Å². The van der Waals surface area contributed by atoms with Gasteiger partial charge in [0.1, 0.15) is 0 Å². The van der Waals surface area contributed by atoms with Crippen molar-refractivity contribution < 1.29 is 8.42 Å². The van der Waals surface area contributed by atoms with Crippen LogP contribution in [0.2, 0.25) is 0 Å². The molecule has 0 spiro atoms. The number of rotatable bonds is 5. The van der Waals surface area contributed by atoms with Gasteiger partial charge in [-0.1, -0.05) is 12.1 Å². The predicted octanol–water partition coefficient (Wildman–Crippen LogP) is -0.542. The molecular formula is C14H13N5O4S. The van der Waals surface area contributed by atoms with Gasteiger partial charge in [-0.25, -0.2) is 22.9 Å². The average Bonchev–Trinajstić information content (AvgIpc) is 2.58. The highest BCUT2D eigenvalue weighted by molar-refractivity contribution is 7.89. The van der Waals surface area contributed by atoms with Crippen LogP contribution in [-0.4, -0.2) is 34.5 Å². The zero-order valence-electron chi connectivity index (χ0n) is 12.3. The molecule has 0 saturated carbocycles. The van der Waals surface area contributed by atoms with Crippen molar-refractivity contribution in [2.24, 2.45) is 0 Å². The molecule has 0 radical (unpaired) electrons. The van der Waals surface area contributed by atoms with Gasteiger partial charge in [-0.3, -0.25) is 14.3 Å². The molecule has 0 fully saturated rings. The normalized spacial score (nSPS) is 11.7. The van der Waals surface area contributed by atoms with Gasteiger partial charge in [-0.15, -0.1) is 0 Å². The van der Waals surface area contributed by atoms with Crippen molar-refractivity contribution in [3.05, 3.63) is 63.7 Å². The molecule has 0 saturated heterocycles. The quantitative estimate of drug-likeness (QED) is 0.638. The van der Waals surface area contributed by atoms with E-state index in [2.05, 4.69) is 19.7 Å². The zero-order chi connectivity index (χ0) is 17.2. The highest BCUT2D eigenvalue weighted by atomic mass is 32.2. The van der Waals surface area contributed by atoms with Crippen molar-refractivity contribution in [1.82, 2.24) is 24.2 Å². The van der Waals surface area contributed by atoms with Crippen LogP contribution in [-0.2, 0) is 16.6 Å². The Hall–Kier alpha value is -2.85. The summed E-state index contributed by atoms with van der Waals surface area (Å²) in [5.41, 5.74) is -0.644. The Morgan fingerprint density at radius 3 is 2.71 bits per heavy atom. The molecule has 3 rings (SSSR count). The summed E-state index contributed by atoms with van der Waals surface area (Å²) < 4.78 is 27.3. The first kappa shape index (κ1) is 16.0. The number of hydrogen-bond donors (Lipinski definition) is 2. The van der Waals surface area contributed by atoms with Gasteiger partial charge in [0, 0.05) is 25.5 Å². The maximum absolute atomic E-state index is 12.3. The first-order valence-corrected chi connectivity index (χ1v) is 8.45. The Labute approximate surface area is 136 Å². The smallest absolute Gasteiger partial charge is 0.307 e. The van der Waals surface area contributed by atoms with E-state index in [1.165, 1.54) is 12.4 Å². The average molecular weight is 347 g/mol. The molecule has 0 amide bonds. The number of nitrogens with zero attached hydrogens (tertiary/aromatic N) is 3. The SMILES string of the molecule is O=c1[nH]c2ccccc2c(=O)n1CCNS(=O)(=O)c1cnccn1. The minimum atomic E-state index is -3.85. The standard InChI is InChI=1S/C14H13N5O4S/c20-13-10-3-1-2-4-11(10)18-14(21)19(13)8-7-17-24(22,23)12-9-15-5-6-16-12/h1-6,9,17H,7-8H2,(H,18,21). The molecule has 0 bridgehead atoms.